The Morgan fingerprint density at radius 3 is 2.52 bits per heavy atom. The molecule has 118 valence electrons. The average Bonchev–Trinajstić information content (AvgIpc) is 2.77. The molecule has 0 atom stereocenters. The molecule has 0 radical (unpaired) electrons. The molecule has 4 nitrogen and oxygen atoms in total. The third-order valence-corrected chi connectivity index (χ3v) is 4.72. The Hall–Kier alpha value is -1.07. The number of aryl methyl sites for hydroxylation is 1. The van der Waals surface area contributed by atoms with E-state index >= 15 is 0 Å². The van der Waals surface area contributed by atoms with Crippen molar-refractivity contribution in [2.45, 2.75) is 71.2 Å². The van der Waals surface area contributed by atoms with Crippen LogP contribution in [0.15, 0.2) is 12.1 Å². The molecule has 0 spiro atoms. The topological polar surface area (TPSA) is 50.4 Å². The molecule has 1 fully saturated rings. The first-order valence-electron chi connectivity index (χ1n) is 7.66. The van der Waals surface area contributed by atoms with Gasteiger partial charge in [-0.1, -0.05) is 6.92 Å². The first-order chi connectivity index (χ1) is 9.85. The van der Waals surface area contributed by atoms with Gasteiger partial charge < -0.3 is 15.4 Å². The van der Waals surface area contributed by atoms with Gasteiger partial charge in [0, 0.05) is 28.4 Å². The second-order valence-electron chi connectivity index (χ2n) is 6.61. The van der Waals surface area contributed by atoms with E-state index < -0.39 is 5.60 Å². The zero-order valence-electron chi connectivity index (χ0n) is 13.4. The monoisotopic (exact) mass is 310 g/mol. The van der Waals surface area contributed by atoms with Gasteiger partial charge in [-0.2, -0.15) is 0 Å². The third-order valence-electron chi connectivity index (χ3n) is 3.49. The van der Waals surface area contributed by atoms with Crippen molar-refractivity contribution in [3.63, 3.8) is 0 Å². The number of rotatable bonds is 5. The Balaban J connectivity index is 1.62. The zero-order chi connectivity index (χ0) is 15.5. The summed E-state index contributed by atoms with van der Waals surface area (Å²) in [6, 6.07) is 5.14. The number of carbonyl (C=O) groups excluding carboxylic acids is 1. The van der Waals surface area contributed by atoms with Gasteiger partial charge in [-0.05, 0) is 52.2 Å². The van der Waals surface area contributed by atoms with Crippen molar-refractivity contribution in [1.29, 1.82) is 0 Å². The van der Waals surface area contributed by atoms with E-state index in [0.717, 1.165) is 25.8 Å². The minimum Gasteiger partial charge on any atom is -0.444 e. The first-order valence-corrected chi connectivity index (χ1v) is 8.48. The Kier molecular flexibility index (Phi) is 5.27. The lowest BCUT2D eigenvalue weighted by Crippen LogP contribution is -2.52. The van der Waals surface area contributed by atoms with Crippen LogP contribution in [0.5, 0.6) is 0 Å². The van der Waals surface area contributed by atoms with Crippen molar-refractivity contribution in [2.24, 2.45) is 0 Å². The molecule has 0 unspecified atom stereocenters. The highest BCUT2D eigenvalue weighted by molar-refractivity contribution is 7.11. The van der Waals surface area contributed by atoms with Crippen LogP contribution in [0.25, 0.3) is 0 Å². The number of alkyl carbamates (subject to hydrolysis) is 1. The van der Waals surface area contributed by atoms with Crippen LogP contribution in [-0.4, -0.2) is 23.8 Å². The van der Waals surface area contributed by atoms with Crippen LogP contribution < -0.4 is 10.6 Å². The van der Waals surface area contributed by atoms with Crippen molar-refractivity contribution >= 4 is 17.4 Å². The second kappa shape index (κ2) is 6.79. The summed E-state index contributed by atoms with van der Waals surface area (Å²) < 4.78 is 5.25. The van der Waals surface area contributed by atoms with E-state index in [9.17, 15) is 4.79 Å². The van der Waals surface area contributed by atoms with Crippen molar-refractivity contribution in [1.82, 2.24) is 10.6 Å². The molecular formula is C16H26N2O2S. The van der Waals surface area contributed by atoms with Gasteiger partial charge in [-0.3, -0.25) is 0 Å². The summed E-state index contributed by atoms with van der Waals surface area (Å²) in [4.78, 5) is 14.5. The smallest absolute Gasteiger partial charge is 0.407 e. The standard InChI is InChI=1S/C16H26N2O2S/c1-5-13-6-7-14(21-13)10-17-11-8-12(9-11)18-15(19)20-16(2,3)4/h6-7,11-12,17H,5,8-10H2,1-4H3,(H,18,19). The fourth-order valence-corrected chi connectivity index (χ4v) is 3.24. The summed E-state index contributed by atoms with van der Waals surface area (Å²) >= 11 is 1.87. The molecule has 0 aliphatic heterocycles. The zero-order valence-corrected chi connectivity index (χ0v) is 14.2. The fraction of sp³-hybridized carbons (Fsp3) is 0.688. The van der Waals surface area contributed by atoms with E-state index in [2.05, 4.69) is 29.7 Å². The predicted molar refractivity (Wildman–Crippen MR) is 86.7 cm³/mol. The highest BCUT2D eigenvalue weighted by Gasteiger charge is 2.31. The highest BCUT2D eigenvalue weighted by Crippen LogP contribution is 2.22. The van der Waals surface area contributed by atoms with Gasteiger partial charge in [-0.25, -0.2) is 4.79 Å². The van der Waals surface area contributed by atoms with Crippen LogP contribution >= 0.6 is 11.3 Å². The number of hydrogen-bond donors (Lipinski definition) is 2. The SMILES string of the molecule is CCc1ccc(CNC2CC(NC(=O)OC(C)(C)C)C2)s1. The largest absolute Gasteiger partial charge is 0.444 e. The second-order valence-corrected chi connectivity index (χ2v) is 7.87. The van der Waals surface area contributed by atoms with E-state index in [1.54, 1.807) is 0 Å². The lowest BCUT2D eigenvalue weighted by atomic mass is 9.87. The molecule has 0 saturated heterocycles. The van der Waals surface area contributed by atoms with Crippen molar-refractivity contribution < 1.29 is 9.53 Å². The summed E-state index contributed by atoms with van der Waals surface area (Å²) in [5.41, 5.74) is -0.429. The van der Waals surface area contributed by atoms with Gasteiger partial charge >= 0.3 is 6.09 Å². The van der Waals surface area contributed by atoms with Crippen LogP contribution in [0.2, 0.25) is 0 Å². The van der Waals surface area contributed by atoms with Crippen molar-refractivity contribution in [2.75, 3.05) is 0 Å². The summed E-state index contributed by atoms with van der Waals surface area (Å²) in [6.07, 6.45) is 2.75. The first kappa shape index (κ1) is 16.3. The number of carbonyl (C=O) groups is 1. The Labute approximate surface area is 131 Å². The molecule has 1 saturated carbocycles. The fourth-order valence-electron chi connectivity index (χ4n) is 2.33. The summed E-state index contributed by atoms with van der Waals surface area (Å²) in [6.45, 7) is 8.74. The maximum absolute atomic E-state index is 11.6. The highest BCUT2D eigenvalue weighted by atomic mass is 32.1. The normalized spacial score (nSPS) is 21.7. The van der Waals surface area contributed by atoms with Crippen LogP contribution in [0.3, 0.4) is 0 Å². The third kappa shape index (κ3) is 5.32. The molecule has 1 aromatic rings. The number of nitrogens with one attached hydrogen (secondary N) is 2. The van der Waals surface area contributed by atoms with E-state index in [1.165, 1.54) is 9.75 Å². The Morgan fingerprint density at radius 2 is 1.95 bits per heavy atom. The van der Waals surface area contributed by atoms with E-state index in [1.807, 2.05) is 32.1 Å². The summed E-state index contributed by atoms with van der Waals surface area (Å²) in [5, 5.41) is 6.46. The molecule has 1 amide bonds. The van der Waals surface area contributed by atoms with E-state index in [0.29, 0.717) is 6.04 Å². The quantitative estimate of drug-likeness (QED) is 0.875. The molecule has 2 N–H and O–H groups in total. The van der Waals surface area contributed by atoms with E-state index in [-0.39, 0.29) is 12.1 Å². The molecule has 1 heterocycles. The molecule has 1 aromatic heterocycles. The van der Waals surface area contributed by atoms with Crippen molar-refractivity contribution in [3.05, 3.63) is 21.9 Å². The minimum atomic E-state index is -0.429. The summed E-state index contributed by atoms with van der Waals surface area (Å²) in [7, 11) is 0. The molecule has 5 heteroatoms. The van der Waals surface area contributed by atoms with Crippen molar-refractivity contribution in [3.8, 4) is 0 Å². The van der Waals surface area contributed by atoms with Crippen LogP contribution in [0, 0.1) is 0 Å². The van der Waals surface area contributed by atoms with Gasteiger partial charge in [0.15, 0.2) is 0 Å². The number of amides is 1. The Bertz CT molecular complexity index is 473. The van der Waals surface area contributed by atoms with Crippen LogP contribution in [-0.2, 0) is 17.7 Å². The van der Waals surface area contributed by atoms with Gasteiger partial charge in [0.25, 0.3) is 0 Å². The molecule has 21 heavy (non-hydrogen) atoms. The maximum atomic E-state index is 11.6. The van der Waals surface area contributed by atoms with E-state index in [4.69, 9.17) is 4.74 Å². The molecule has 1 aliphatic rings. The maximum Gasteiger partial charge on any atom is 0.407 e. The molecule has 1 aliphatic carbocycles. The number of ether oxygens (including phenoxy) is 1. The van der Waals surface area contributed by atoms with Crippen LogP contribution in [0.1, 0.15) is 50.3 Å². The number of thiophene rings is 1. The molecular weight excluding hydrogens is 284 g/mol. The average molecular weight is 310 g/mol. The minimum absolute atomic E-state index is 0.242. The molecule has 2 rings (SSSR count). The Morgan fingerprint density at radius 1 is 1.29 bits per heavy atom. The predicted octanol–water partition coefficient (Wildman–Crippen LogP) is 3.46. The molecule has 0 bridgehead atoms. The van der Waals surface area contributed by atoms with Crippen LogP contribution in [0.4, 0.5) is 4.79 Å². The van der Waals surface area contributed by atoms with Gasteiger partial charge in [0.1, 0.15) is 5.60 Å². The molecule has 0 aromatic carbocycles. The summed E-state index contributed by atoms with van der Waals surface area (Å²) in [5.74, 6) is 0. The van der Waals surface area contributed by atoms with Gasteiger partial charge in [0.2, 0.25) is 0 Å². The number of hydrogen-bond acceptors (Lipinski definition) is 4. The van der Waals surface area contributed by atoms with Gasteiger partial charge in [0.05, 0.1) is 0 Å². The lowest BCUT2D eigenvalue weighted by Gasteiger charge is -2.36. The lowest BCUT2D eigenvalue weighted by molar-refractivity contribution is 0.0465. The van der Waals surface area contributed by atoms with Gasteiger partial charge in [-0.15, -0.1) is 11.3 Å².